The molecule has 1 aliphatic rings. The van der Waals surface area contributed by atoms with Crippen LogP contribution < -0.4 is 5.32 Å². The lowest BCUT2D eigenvalue weighted by Crippen LogP contribution is -2.31. The molecule has 17 heavy (non-hydrogen) atoms. The standard InChI is InChI=1S/C11H14ClN5/c1-6(7-3-2-4-7)14-9-8-5-13-17-10(8)16-11(12)15-9/h5-7H,2-4H2,1H3,(H2,13,14,15,16,17). The van der Waals surface area contributed by atoms with Crippen molar-refractivity contribution in [2.75, 3.05) is 5.32 Å². The topological polar surface area (TPSA) is 66.5 Å². The Bertz CT molecular complexity index is 534. The number of rotatable bonds is 3. The highest BCUT2D eigenvalue weighted by molar-refractivity contribution is 6.28. The summed E-state index contributed by atoms with van der Waals surface area (Å²) in [5, 5.41) is 11.3. The van der Waals surface area contributed by atoms with Crippen molar-refractivity contribution in [3.63, 3.8) is 0 Å². The number of anilines is 1. The van der Waals surface area contributed by atoms with Gasteiger partial charge in [0.05, 0.1) is 11.6 Å². The first kappa shape index (κ1) is 10.8. The molecule has 2 aromatic rings. The second-order valence-corrected chi connectivity index (χ2v) is 4.94. The van der Waals surface area contributed by atoms with E-state index >= 15 is 0 Å². The first-order valence-corrected chi connectivity index (χ1v) is 6.25. The van der Waals surface area contributed by atoms with Crippen molar-refractivity contribution < 1.29 is 0 Å². The minimum atomic E-state index is 0.241. The summed E-state index contributed by atoms with van der Waals surface area (Å²) in [6, 6.07) is 0.410. The van der Waals surface area contributed by atoms with Gasteiger partial charge in [-0.05, 0) is 37.3 Å². The summed E-state index contributed by atoms with van der Waals surface area (Å²) in [5.74, 6) is 1.51. The summed E-state index contributed by atoms with van der Waals surface area (Å²) in [6.07, 6.45) is 5.65. The fraction of sp³-hybridized carbons (Fsp3) is 0.545. The fourth-order valence-corrected chi connectivity index (χ4v) is 2.36. The van der Waals surface area contributed by atoms with Gasteiger partial charge in [-0.2, -0.15) is 15.1 Å². The Morgan fingerprint density at radius 1 is 1.47 bits per heavy atom. The van der Waals surface area contributed by atoms with Crippen molar-refractivity contribution >= 4 is 28.5 Å². The van der Waals surface area contributed by atoms with Crippen LogP contribution in [0.15, 0.2) is 6.20 Å². The number of nitrogens with one attached hydrogen (secondary N) is 2. The molecule has 0 aromatic carbocycles. The summed E-state index contributed by atoms with van der Waals surface area (Å²) in [6.45, 7) is 2.19. The predicted octanol–water partition coefficient (Wildman–Crippen LogP) is 2.61. The van der Waals surface area contributed by atoms with Crippen LogP contribution in [0.1, 0.15) is 26.2 Å². The van der Waals surface area contributed by atoms with Crippen molar-refractivity contribution in [1.29, 1.82) is 0 Å². The Kier molecular flexibility index (Phi) is 2.63. The second-order valence-electron chi connectivity index (χ2n) is 4.60. The number of aromatic nitrogens is 4. The molecule has 6 heteroatoms. The molecule has 2 heterocycles. The Hall–Kier alpha value is -1.36. The quantitative estimate of drug-likeness (QED) is 0.823. The highest BCUT2D eigenvalue weighted by atomic mass is 35.5. The van der Waals surface area contributed by atoms with E-state index in [1.165, 1.54) is 19.3 Å². The summed E-state index contributed by atoms with van der Waals surface area (Å²) in [4.78, 5) is 8.32. The van der Waals surface area contributed by atoms with Gasteiger partial charge in [-0.1, -0.05) is 6.42 Å². The van der Waals surface area contributed by atoms with Crippen LogP contribution in [-0.4, -0.2) is 26.2 Å². The molecule has 5 nitrogen and oxygen atoms in total. The van der Waals surface area contributed by atoms with Crippen molar-refractivity contribution in [2.45, 2.75) is 32.2 Å². The van der Waals surface area contributed by atoms with Gasteiger partial charge in [-0.3, -0.25) is 5.10 Å². The number of nitrogens with zero attached hydrogens (tertiary/aromatic N) is 3. The Labute approximate surface area is 104 Å². The summed E-state index contributed by atoms with van der Waals surface area (Å²) in [7, 11) is 0. The molecule has 1 aliphatic carbocycles. The molecule has 0 radical (unpaired) electrons. The van der Waals surface area contributed by atoms with Crippen LogP contribution in [0.25, 0.3) is 11.0 Å². The molecule has 0 saturated heterocycles. The fourth-order valence-electron chi connectivity index (χ4n) is 2.19. The molecule has 90 valence electrons. The van der Waals surface area contributed by atoms with Crippen molar-refractivity contribution in [1.82, 2.24) is 20.2 Å². The molecule has 1 saturated carbocycles. The molecule has 1 unspecified atom stereocenters. The van der Waals surface area contributed by atoms with Crippen molar-refractivity contribution in [2.24, 2.45) is 5.92 Å². The maximum absolute atomic E-state index is 5.88. The highest BCUT2D eigenvalue weighted by Gasteiger charge is 2.24. The minimum Gasteiger partial charge on any atom is -0.367 e. The average molecular weight is 252 g/mol. The smallest absolute Gasteiger partial charge is 0.226 e. The van der Waals surface area contributed by atoms with E-state index in [2.05, 4.69) is 32.4 Å². The number of hydrogen-bond donors (Lipinski definition) is 2. The molecule has 3 rings (SSSR count). The lowest BCUT2D eigenvalue weighted by Gasteiger charge is -2.32. The normalized spacial score (nSPS) is 18.0. The van der Waals surface area contributed by atoms with Crippen molar-refractivity contribution in [3.05, 3.63) is 11.5 Å². The number of hydrogen-bond acceptors (Lipinski definition) is 4. The van der Waals surface area contributed by atoms with E-state index in [0.29, 0.717) is 11.7 Å². The predicted molar refractivity (Wildman–Crippen MR) is 67.1 cm³/mol. The molecule has 0 bridgehead atoms. The molecule has 2 aromatic heterocycles. The minimum absolute atomic E-state index is 0.241. The lowest BCUT2D eigenvalue weighted by atomic mass is 9.80. The van der Waals surface area contributed by atoms with Gasteiger partial charge in [0.15, 0.2) is 5.65 Å². The van der Waals surface area contributed by atoms with Gasteiger partial charge < -0.3 is 5.32 Å². The summed E-state index contributed by atoms with van der Waals surface area (Å²) in [5.41, 5.74) is 0.674. The van der Waals surface area contributed by atoms with Crippen molar-refractivity contribution in [3.8, 4) is 0 Å². The largest absolute Gasteiger partial charge is 0.367 e. The van der Waals surface area contributed by atoms with Gasteiger partial charge in [0.1, 0.15) is 5.82 Å². The van der Waals surface area contributed by atoms with Gasteiger partial charge >= 0.3 is 0 Å². The molecule has 1 atom stereocenters. The van der Waals surface area contributed by atoms with Crippen LogP contribution in [0.3, 0.4) is 0 Å². The van der Waals surface area contributed by atoms with Crippen LogP contribution in [0.4, 0.5) is 5.82 Å². The van der Waals surface area contributed by atoms with Gasteiger partial charge in [0, 0.05) is 6.04 Å². The van der Waals surface area contributed by atoms with Crippen LogP contribution >= 0.6 is 11.6 Å². The maximum Gasteiger partial charge on any atom is 0.226 e. The van der Waals surface area contributed by atoms with E-state index in [4.69, 9.17) is 11.6 Å². The Morgan fingerprint density at radius 2 is 2.29 bits per heavy atom. The number of H-pyrrole nitrogens is 1. The zero-order valence-electron chi connectivity index (χ0n) is 9.57. The Balaban J connectivity index is 1.90. The average Bonchev–Trinajstić information content (AvgIpc) is 2.62. The van der Waals surface area contributed by atoms with E-state index in [1.54, 1.807) is 6.20 Å². The number of halogens is 1. The number of fused-ring (bicyclic) bond motifs is 1. The van der Waals surface area contributed by atoms with Crippen LogP contribution in [-0.2, 0) is 0 Å². The van der Waals surface area contributed by atoms with Gasteiger partial charge in [0.2, 0.25) is 5.28 Å². The molecule has 1 fully saturated rings. The zero-order chi connectivity index (χ0) is 11.8. The highest BCUT2D eigenvalue weighted by Crippen LogP contribution is 2.31. The number of aromatic amines is 1. The third-order valence-corrected chi connectivity index (χ3v) is 3.67. The molecule has 0 aliphatic heterocycles. The molecule has 0 spiro atoms. The van der Waals surface area contributed by atoms with Crippen LogP contribution in [0, 0.1) is 5.92 Å². The molecular weight excluding hydrogens is 238 g/mol. The van der Waals surface area contributed by atoms with E-state index in [-0.39, 0.29) is 5.28 Å². The van der Waals surface area contributed by atoms with Gasteiger partial charge in [-0.25, -0.2) is 0 Å². The second kappa shape index (κ2) is 4.14. The van der Waals surface area contributed by atoms with E-state index < -0.39 is 0 Å². The molecular formula is C11H14ClN5. The van der Waals surface area contributed by atoms with E-state index in [9.17, 15) is 0 Å². The maximum atomic E-state index is 5.88. The Morgan fingerprint density at radius 3 is 3.00 bits per heavy atom. The summed E-state index contributed by atoms with van der Waals surface area (Å²) >= 11 is 5.88. The van der Waals surface area contributed by atoms with E-state index in [1.807, 2.05) is 0 Å². The third kappa shape index (κ3) is 1.95. The first-order valence-electron chi connectivity index (χ1n) is 5.87. The van der Waals surface area contributed by atoms with Gasteiger partial charge in [0.25, 0.3) is 0 Å². The summed E-state index contributed by atoms with van der Waals surface area (Å²) < 4.78 is 0. The molecule has 2 N–H and O–H groups in total. The lowest BCUT2D eigenvalue weighted by molar-refractivity contribution is 0.285. The molecule has 0 amide bonds. The monoisotopic (exact) mass is 251 g/mol. The SMILES string of the molecule is CC(Nc1nc(Cl)nc2[nH]ncc12)C1CCC1. The van der Waals surface area contributed by atoms with E-state index in [0.717, 1.165) is 17.1 Å². The van der Waals surface area contributed by atoms with Crippen LogP contribution in [0.5, 0.6) is 0 Å². The van der Waals surface area contributed by atoms with Crippen LogP contribution in [0.2, 0.25) is 5.28 Å². The van der Waals surface area contributed by atoms with Gasteiger partial charge in [-0.15, -0.1) is 0 Å². The zero-order valence-corrected chi connectivity index (χ0v) is 10.3. The third-order valence-electron chi connectivity index (χ3n) is 3.50. The first-order chi connectivity index (χ1) is 8.24.